The Morgan fingerprint density at radius 1 is 1.12 bits per heavy atom. The van der Waals surface area contributed by atoms with Crippen LogP contribution in [0.15, 0.2) is 0 Å². The van der Waals surface area contributed by atoms with Crippen LogP contribution in [0.4, 0.5) is 0 Å². The molecule has 0 aromatic rings. The van der Waals surface area contributed by atoms with E-state index in [1.807, 2.05) is 0 Å². The van der Waals surface area contributed by atoms with Gasteiger partial charge in [0.2, 0.25) is 5.91 Å². The molecular weight excluding hydrogens is 212 g/mol. The number of rotatable bonds is 2. The maximum Gasteiger partial charge on any atom is 0.226 e. The lowest BCUT2D eigenvalue weighted by atomic mass is 9.87. The van der Waals surface area contributed by atoms with Gasteiger partial charge in [0.05, 0.1) is 0 Å². The van der Waals surface area contributed by atoms with Crippen molar-refractivity contribution in [2.24, 2.45) is 11.1 Å². The lowest BCUT2D eigenvalue weighted by Gasteiger charge is -2.29. The van der Waals surface area contributed by atoms with E-state index in [1.54, 1.807) is 0 Å². The van der Waals surface area contributed by atoms with Crippen LogP contribution in [-0.4, -0.2) is 18.0 Å². The maximum absolute atomic E-state index is 12.3. The molecule has 1 amide bonds. The van der Waals surface area contributed by atoms with Crippen molar-refractivity contribution in [1.82, 2.24) is 5.32 Å². The van der Waals surface area contributed by atoms with Crippen LogP contribution in [-0.2, 0) is 4.79 Å². The minimum atomic E-state index is -0.119. The van der Waals surface area contributed by atoms with Crippen molar-refractivity contribution in [1.29, 1.82) is 0 Å². The van der Waals surface area contributed by atoms with Crippen molar-refractivity contribution in [3.63, 3.8) is 0 Å². The molecule has 3 heteroatoms. The van der Waals surface area contributed by atoms with Gasteiger partial charge in [0, 0.05) is 17.5 Å². The summed E-state index contributed by atoms with van der Waals surface area (Å²) in [6.45, 7) is 2.11. The van der Waals surface area contributed by atoms with Gasteiger partial charge in [-0.1, -0.05) is 39.0 Å². The smallest absolute Gasteiger partial charge is 0.226 e. The second kappa shape index (κ2) is 5.38. The molecule has 0 aromatic carbocycles. The monoisotopic (exact) mass is 238 g/mol. The van der Waals surface area contributed by atoms with Crippen molar-refractivity contribution in [2.45, 2.75) is 76.8 Å². The highest BCUT2D eigenvalue weighted by Crippen LogP contribution is 2.37. The highest BCUT2D eigenvalue weighted by molar-refractivity contribution is 5.82. The molecule has 2 atom stereocenters. The van der Waals surface area contributed by atoms with Crippen molar-refractivity contribution in [2.75, 3.05) is 0 Å². The molecule has 0 heterocycles. The number of amides is 1. The molecular formula is C14H26N2O. The van der Waals surface area contributed by atoms with E-state index in [-0.39, 0.29) is 23.4 Å². The van der Waals surface area contributed by atoms with Crippen LogP contribution in [0.25, 0.3) is 0 Å². The van der Waals surface area contributed by atoms with E-state index in [0.717, 1.165) is 25.7 Å². The van der Waals surface area contributed by atoms with Gasteiger partial charge in [0.25, 0.3) is 0 Å². The van der Waals surface area contributed by atoms with Crippen molar-refractivity contribution in [3.8, 4) is 0 Å². The Morgan fingerprint density at radius 2 is 1.76 bits per heavy atom. The molecule has 2 unspecified atom stereocenters. The Hall–Kier alpha value is -0.570. The van der Waals surface area contributed by atoms with Gasteiger partial charge in [-0.25, -0.2) is 0 Å². The number of nitrogens with one attached hydrogen (secondary N) is 1. The molecule has 0 aliphatic heterocycles. The van der Waals surface area contributed by atoms with E-state index >= 15 is 0 Å². The van der Waals surface area contributed by atoms with Crippen LogP contribution in [0.2, 0.25) is 0 Å². The summed E-state index contributed by atoms with van der Waals surface area (Å²) in [6.07, 6.45) is 10.3. The van der Waals surface area contributed by atoms with E-state index in [4.69, 9.17) is 5.73 Å². The molecule has 2 rings (SSSR count). The van der Waals surface area contributed by atoms with Gasteiger partial charge < -0.3 is 11.1 Å². The van der Waals surface area contributed by atoms with E-state index in [9.17, 15) is 4.79 Å². The topological polar surface area (TPSA) is 55.1 Å². The number of carbonyl (C=O) groups excluding carboxylic acids is 1. The lowest BCUT2D eigenvalue weighted by molar-refractivity contribution is -0.130. The molecule has 2 aliphatic carbocycles. The van der Waals surface area contributed by atoms with Gasteiger partial charge >= 0.3 is 0 Å². The lowest BCUT2D eigenvalue weighted by Crippen LogP contribution is -2.50. The van der Waals surface area contributed by atoms with Gasteiger partial charge in [0.1, 0.15) is 0 Å². The number of nitrogens with two attached hydrogens (primary N) is 1. The quantitative estimate of drug-likeness (QED) is 0.726. The molecule has 3 nitrogen and oxygen atoms in total. The minimum absolute atomic E-state index is 0.119. The number of hydrogen-bond donors (Lipinski definition) is 2. The molecule has 17 heavy (non-hydrogen) atoms. The average molecular weight is 238 g/mol. The van der Waals surface area contributed by atoms with E-state index in [2.05, 4.69) is 12.2 Å². The van der Waals surface area contributed by atoms with Gasteiger partial charge in [-0.05, 0) is 25.7 Å². The van der Waals surface area contributed by atoms with E-state index in [1.165, 1.54) is 32.1 Å². The van der Waals surface area contributed by atoms with Crippen molar-refractivity contribution < 1.29 is 4.79 Å². The van der Waals surface area contributed by atoms with E-state index < -0.39 is 0 Å². The molecule has 0 aromatic heterocycles. The van der Waals surface area contributed by atoms with Crippen molar-refractivity contribution >= 4 is 5.91 Å². The number of carbonyl (C=O) groups is 1. The van der Waals surface area contributed by atoms with Crippen LogP contribution in [0.1, 0.15) is 64.7 Å². The summed E-state index contributed by atoms with van der Waals surface area (Å²) in [4.78, 5) is 12.3. The fraction of sp³-hybridized carbons (Fsp3) is 0.929. The highest BCUT2D eigenvalue weighted by atomic mass is 16.2. The summed E-state index contributed by atoms with van der Waals surface area (Å²) < 4.78 is 0. The molecule has 3 N–H and O–H groups in total. The van der Waals surface area contributed by atoms with E-state index in [0.29, 0.717) is 0 Å². The summed E-state index contributed by atoms with van der Waals surface area (Å²) in [5, 5.41) is 3.23. The Labute approximate surface area is 105 Å². The predicted octanol–water partition coefficient (Wildman–Crippen LogP) is 2.34. The average Bonchev–Trinajstić information content (AvgIpc) is 2.65. The third-order valence-electron chi connectivity index (χ3n) is 4.64. The number of hydrogen-bond acceptors (Lipinski definition) is 2. The first-order valence-electron chi connectivity index (χ1n) is 7.18. The summed E-state index contributed by atoms with van der Waals surface area (Å²) in [5.41, 5.74) is 6.04. The normalized spacial score (nSPS) is 33.1. The molecule has 2 saturated carbocycles. The zero-order chi connectivity index (χ0) is 12.3. The first-order valence-corrected chi connectivity index (χ1v) is 7.18. The Morgan fingerprint density at radius 3 is 2.47 bits per heavy atom. The third-order valence-corrected chi connectivity index (χ3v) is 4.64. The first kappa shape index (κ1) is 12.9. The second-order valence-electron chi connectivity index (χ2n) is 6.15. The Kier molecular flexibility index (Phi) is 4.08. The third kappa shape index (κ3) is 3.01. The zero-order valence-corrected chi connectivity index (χ0v) is 11.0. The van der Waals surface area contributed by atoms with Gasteiger partial charge in [-0.2, -0.15) is 0 Å². The molecule has 98 valence electrons. The largest absolute Gasteiger partial charge is 0.351 e. The van der Waals surface area contributed by atoms with Gasteiger partial charge in [-0.3, -0.25) is 4.79 Å². The van der Waals surface area contributed by atoms with Crippen LogP contribution >= 0.6 is 0 Å². The molecule has 0 spiro atoms. The summed E-state index contributed by atoms with van der Waals surface area (Å²) in [6, 6.07) is 0.369. The molecule has 0 saturated heterocycles. The fourth-order valence-corrected chi connectivity index (χ4v) is 3.24. The molecule has 2 fully saturated rings. The molecule has 0 bridgehead atoms. The summed E-state index contributed by atoms with van der Waals surface area (Å²) >= 11 is 0. The Bertz CT molecular complexity index is 271. The van der Waals surface area contributed by atoms with Crippen LogP contribution in [0.5, 0.6) is 0 Å². The molecule has 2 aliphatic rings. The second-order valence-corrected chi connectivity index (χ2v) is 6.15. The summed E-state index contributed by atoms with van der Waals surface area (Å²) in [5.74, 6) is 0.248. The minimum Gasteiger partial charge on any atom is -0.351 e. The predicted molar refractivity (Wildman–Crippen MR) is 69.6 cm³/mol. The zero-order valence-electron chi connectivity index (χ0n) is 11.0. The van der Waals surface area contributed by atoms with Crippen LogP contribution < -0.4 is 11.1 Å². The summed E-state index contributed by atoms with van der Waals surface area (Å²) in [7, 11) is 0. The van der Waals surface area contributed by atoms with Crippen LogP contribution in [0.3, 0.4) is 0 Å². The SMILES string of the molecule is CC1(C(=O)NC2CCCCCC2N)CCCC1. The van der Waals surface area contributed by atoms with Gasteiger partial charge in [0.15, 0.2) is 0 Å². The first-order chi connectivity index (χ1) is 8.12. The maximum atomic E-state index is 12.3. The van der Waals surface area contributed by atoms with Gasteiger partial charge in [-0.15, -0.1) is 0 Å². The van der Waals surface area contributed by atoms with Crippen molar-refractivity contribution in [3.05, 3.63) is 0 Å². The standard InChI is InChI=1S/C14H26N2O/c1-14(9-5-6-10-14)13(17)16-12-8-4-2-3-7-11(12)15/h11-12H,2-10,15H2,1H3,(H,16,17). The Balaban J connectivity index is 1.92. The molecule has 0 radical (unpaired) electrons. The van der Waals surface area contributed by atoms with Crippen LogP contribution in [0, 0.1) is 5.41 Å². The fourth-order valence-electron chi connectivity index (χ4n) is 3.24. The highest BCUT2D eigenvalue weighted by Gasteiger charge is 2.37.